The Balaban J connectivity index is 0.00000364. The molecule has 7 nitrogen and oxygen atoms in total. The number of hydrogen-bond donors (Lipinski definition) is 3. The predicted octanol–water partition coefficient (Wildman–Crippen LogP) is 2.08. The number of nitrogens with one attached hydrogen (secondary N) is 3. The van der Waals surface area contributed by atoms with Gasteiger partial charge in [0.15, 0.2) is 6.61 Å². The maximum Gasteiger partial charge on any atom is 0.262 e. The van der Waals surface area contributed by atoms with Gasteiger partial charge in [0.1, 0.15) is 11.5 Å². The molecule has 0 atom stereocenters. The number of carbonyl (C=O) groups is 2. The van der Waals surface area contributed by atoms with Crippen LogP contribution in [0.3, 0.4) is 0 Å². The fraction of sp³-hybridized carbons (Fsp3) is 0.263. The summed E-state index contributed by atoms with van der Waals surface area (Å²) in [6.07, 6.45) is 0. The fourth-order valence-electron chi connectivity index (χ4n) is 2.15. The van der Waals surface area contributed by atoms with Crippen molar-refractivity contribution >= 4 is 29.9 Å². The lowest BCUT2D eigenvalue weighted by Crippen LogP contribution is -2.30. The standard InChI is InChI=1S/C19H23N3O4.ClH/c1-20-10-11-21-19(24)14-6-8-16(9-7-14)26-13-18(23)22-15-4-3-5-17(12-15)25-2;/h3-9,12,20H,10-11,13H2,1-2H3,(H,21,24)(H,22,23);1H. The lowest BCUT2D eigenvalue weighted by atomic mass is 10.2. The summed E-state index contributed by atoms with van der Waals surface area (Å²) in [5, 5.41) is 8.48. The summed E-state index contributed by atoms with van der Waals surface area (Å²) < 4.78 is 10.6. The Morgan fingerprint density at radius 1 is 1.00 bits per heavy atom. The smallest absolute Gasteiger partial charge is 0.262 e. The highest BCUT2D eigenvalue weighted by molar-refractivity contribution is 5.94. The molecule has 0 aliphatic heterocycles. The van der Waals surface area contributed by atoms with E-state index in [-0.39, 0.29) is 30.8 Å². The van der Waals surface area contributed by atoms with Crippen molar-refractivity contribution in [3.8, 4) is 11.5 Å². The van der Waals surface area contributed by atoms with Crippen LogP contribution in [0.1, 0.15) is 10.4 Å². The van der Waals surface area contributed by atoms with Gasteiger partial charge in [-0.3, -0.25) is 9.59 Å². The molecule has 0 aliphatic carbocycles. The Kier molecular flexibility index (Phi) is 9.71. The average Bonchev–Trinajstić information content (AvgIpc) is 2.67. The number of likely N-dealkylation sites (N-methyl/N-ethyl adjacent to an activating group) is 1. The summed E-state index contributed by atoms with van der Waals surface area (Å²) in [6.45, 7) is 1.12. The van der Waals surface area contributed by atoms with Gasteiger partial charge in [0, 0.05) is 30.4 Å². The van der Waals surface area contributed by atoms with Crippen molar-refractivity contribution in [3.05, 3.63) is 54.1 Å². The zero-order chi connectivity index (χ0) is 18.8. The van der Waals surface area contributed by atoms with Gasteiger partial charge in [-0.1, -0.05) is 6.07 Å². The summed E-state index contributed by atoms with van der Waals surface area (Å²) >= 11 is 0. The molecule has 0 bridgehead atoms. The van der Waals surface area contributed by atoms with E-state index < -0.39 is 0 Å². The van der Waals surface area contributed by atoms with E-state index in [0.717, 1.165) is 0 Å². The van der Waals surface area contributed by atoms with Gasteiger partial charge in [-0.05, 0) is 43.4 Å². The SMILES string of the molecule is CNCCNC(=O)c1ccc(OCC(=O)Nc2cccc(OC)c2)cc1.Cl. The van der Waals surface area contributed by atoms with E-state index in [2.05, 4.69) is 16.0 Å². The Morgan fingerprint density at radius 3 is 2.41 bits per heavy atom. The number of carbonyl (C=O) groups excluding carboxylic acids is 2. The number of ether oxygens (including phenoxy) is 2. The molecule has 27 heavy (non-hydrogen) atoms. The highest BCUT2D eigenvalue weighted by Gasteiger charge is 2.07. The van der Waals surface area contributed by atoms with E-state index in [0.29, 0.717) is 35.8 Å². The molecule has 0 radical (unpaired) electrons. The van der Waals surface area contributed by atoms with Gasteiger partial charge in [-0.25, -0.2) is 0 Å². The van der Waals surface area contributed by atoms with E-state index in [1.54, 1.807) is 55.6 Å². The van der Waals surface area contributed by atoms with Crippen molar-refractivity contribution < 1.29 is 19.1 Å². The maximum absolute atomic E-state index is 12.0. The second kappa shape index (κ2) is 11.8. The molecule has 2 rings (SSSR count). The molecule has 0 saturated heterocycles. The van der Waals surface area contributed by atoms with Crippen LogP contribution in [0.5, 0.6) is 11.5 Å². The van der Waals surface area contributed by atoms with Crippen LogP contribution in [-0.2, 0) is 4.79 Å². The van der Waals surface area contributed by atoms with Crippen LogP contribution in [-0.4, -0.2) is 45.7 Å². The molecule has 0 saturated carbocycles. The van der Waals surface area contributed by atoms with Crippen molar-refractivity contribution in [2.75, 3.05) is 39.2 Å². The molecular weight excluding hydrogens is 370 g/mol. The van der Waals surface area contributed by atoms with Crippen LogP contribution in [0, 0.1) is 0 Å². The van der Waals surface area contributed by atoms with Crippen LogP contribution in [0.4, 0.5) is 5.69 Å². The van der Waals surface area contributed by atoms with E-state index >= 15 is 0 Å². The minimum atomic E-state index is -0.285. The first kappa shape index (κ1) is 22.3. The zero-order valence-electron chi connectivity index (χ0n) is 15.3. The number of halogens is 1. The van der Waals surface area contributed by atoms with Gasteiger partial charge in [0.05, 0.1) is 7.11 Å². The lowest BCUT2D eigenvalue weighted by molar-refractivity contribution is -0.118. The molecule has 3 N–H and O–H groups in total. The number of rotatable bonds is 9. The normalized spacial score (nSPS) is 9.70. The fourth-order valence-corrected chi connectivity index (χ4v) is 2.15. The first-order chi connectivity index (χ1) is 12.6. The second-order valence-corrected chi connectivity index (χ2v) is 5.45. The van der Waals surface area contributed by atoms with Crippen molar-refractivity contribution in [3.63, 3.8) is 0 Å². The topological polar surface area (TPSA) is 88.7 Å². The maximum atomic E-state index is 12.0. The van der Waals surface area contributed by atoms with Gasteiger partial charge in [0.25, 0.3) is 11.8 Å². The van der Waals surface area contributed by atoms with Gasteiger partial charge in [-0.15, -0.1) is 12.4 Å². The molecule has 146 valence electrons. The van der Waals surface area contributed by atoms with Crippen LogP contribution in [0.15, 0.2) is 48.5 Å². The largest absolute Gasteiger partial charge is 0.497 e. The molecule has 0 aliphatic rings. The van der Waals surface area contributed by atoms with E-state index in [4.69, 9.17) is 9.47 Å². The third-order valence-corrected chi connectivity index (χ3v) is 3.50. The molecule has 0 fully saturated rings. The van der Waals surface area contributed by atoms with Gasteiger partial charge < -0.3 is 25.4 Å². The number of benzene rings is 2. The molecule has 0 aromatic heterocycles. The first-order valence-corrected chi connectivity index (χ1v) is 8.22. The molecule has 0 unspecified atom stereocenters. The van der Waals surface area contributed by atoms with Gasteiger partial charge >= 0.3 is 0 Å². The van der Waals surface area contributed by atoms with Gasteiger partial charge in [0.2, 0.25) is 0 Å². The Morgan fingerprint density at radius 2 is 1.74 bits per heavy atom. The van der Waals surface area contributed by atoms with Crippen molar-refractivity contribution in [2.24, 2.45) is 0 Å². The average molecular weight is 394 g/mol. The highest BCUT2D eigenvalue weighted by Crippen LogP contribution is 2.17. The van der Waals surface area contributed by atoms with Crippen molar-refractivity contribution in [1.29, 1.82) is 0 Å². The number of amides is 2. The van der Waals surface area contributed by atoms with Crippen LogP contribution >= 0.6 is 12.4 Å². The quantitative estimate of drug-likeness (QED) is 0.568. The third-order valence-electron chi connectivity index (χ3n) is 3.50. The van der Waals surface area contributed by atoms with Gasteiger partial charge in [-0.2, -0.15) is 0 Å². The summed E-state index contributed by atoms with van der Waals surface area (Å²) in [5.41, 5.74) is 1.17. The zero-order valence-corrected chi connectivity index (χ0v) is 16.1. The summed E-state index contributed by atoms with van der Waals surface area (Å²) in [7, 11) is 3.39. The molecule has 8 heteroatoms. The number of methoxy groups -OCH3 is 1. The second-order valence-electron chi connectivity index (χ2n) is 5.45. The molecule has 2 aromatic carbocycles. The molecular formula is C19H24ClN3O4. The third kappa shape index (κ3) is 7.55. The molecule has 0 heterocycles. The lowest BCUT2D eigenvalue weighted by Gasteiger charge is -2.09. The summed E-state index contributed by atoms with van der Waals surface area (Å²) in [5.74, 6) is 0.736. The molecule has 2 amide bonds. The minimum absolute atomic E-state index is 0. The molecule has 2 aromatic rings. The highest BCUT2D eigenvalue weighted by atomic mass is 35.5. The van der Waals surface area contributed by atoms with E-state index in [1.165, 1.54) is 0 Å². The van der Waals surface area contributed by atoms with Crippen LogP contribution in [0.25, 0.3) is 0 Å². The number of hydrogen-bond acceptors (Lipinski definition) is 5. The minimum Gasteiger partial charge on any atom is -0.497 e. The van der Waals surface area contributed by atoms with E-state index in [9.17, 15) is 9.59 Å². The van der Waals surface area contributed by atoms with Crippen molar-refractivity contribution in [2.45, 2.75) is 0 Å². The Bertz CT molecular complexity index is 738. The van der Waals surface area contributed by atoms with Crippen LogP contribution in [0.2, 0.25) is 0 Å². The monoisotopic (exact) mass is 393 g/mol. The van der Waals surface area contributed by atoms with E-state index in [1.807, 2.05) is 7.05 Å². The predicted molar refractivity (Wildman–Crippen MR) is 107 cm³/mol. The Hall–Kier alpha value is -2.77. The first-order valence-electron chi connectivity index (χ1n) is 8.22. The van der Waals surface area contributed by atoms with Crippen LogP contribution < -0.4 is 25.4 Å². The molecule has 0 spiro atoms. The van der Waals surface area contributed by atoms with Crippen molar-refractivity contribution in [1.82, 2.24) is 10.6 Å². The summed E-state index contributed by atoms with van der Waals surface area (Å²) in [6, 6.07) is 13.7. The number of anilines is 1. The summed E-state index contributed by atoms with van der Waals surface area (Å²) in [4.78, 5) is 23.9. The Labute approximate surface area is 164 Å².